The van der Waals surface area contributed by atoms with Crippen LogP contribution in [0.2, 0.25) is 0 Å². The van der Waals surface area contributed by atoms with E-state index in [0.29, 0.717) is 0 Å². The second-order valence-electron chi connectivity index (χ2n) is 9.82. The number of benzene rings is 2. The molecule has 3 amide bonds. The van der Waals surface area contributed by atoms with E-state index in [1.54, 1.807) is 52.8 Å². The van der Waals surface area contributed by atoms with Crippen molar-refractivity contribution in [2.24, 2.45) is 0 Å². The quantitative estimate of drug-likeness (QED) is 0.350. The Morgan fingerprint density at radius 3 is 2.21 bits per heavy atom. The van der Waals surface area contributed by atoms with Crippen molar-refractivity contribution in [1.82, 2.24) is 15.5 Å². The number of phenols is 1. The molecule has 2 aromatic carbocycles. The normalized spacial score (nSPS) is 12.5. The van der Waals surface area contributed by atoms with Crippen LogP contribution >= 0.6 is 0 Å². The lowest BCUT2D eigenvalue weighted by Crippen LogP contribution is -2.53. The molecule has 0 spiro atoms. The van der Waals surface area contributed by atoms with Crippen LogP contribution in [-0.4, -0.2) is 65.2 Å². The molecule has 0 bridgehead atoms. The summed E-state index contributed by atoms with van der Waals surface area (Å²) in [5, 5.41) is 15.9. The molecule has 2 rings (SSSR count). The standard InChI is InChI=1S/C29H39N3O7/c1-6-32(25(21-15-11-12-16-23(21)33)26(35)30-18-17-24(34)38-7-2)27(36)22(19-20-13-9-8-10-14-20)31-28(37)39-29(3,4)5/h8-16,22,25,33H,6-7,17-19H2,1-5H3,(H,30,35)(H,31,37). The Bertz CT molecular complexity index is 1120. The van der Waals surface area contributed by atoms with Crippen molar-refractivity contribution in [3.63, 3.8) is 0 Å². The molecule has 0 heterocycles. The Labute approximate surface area is 229 Å². The van der Waals surface area contributed by atoms with Crippen LogP contribution in [0.15, 0.2) is 54.6 Å². The molecule has 0 aliphatic carbocycles. The van der Waals surface area contributed by atoms with Gasteiger partial charge in [-0.2, -0.15) is 0 Å². The van der Waals surface area contributed by atoms with E-state index >= 15 is 0 Å². The number of carbonyl (C=O) groups excluding carboxylic acids is 4. The number of rotatable bonds is 12. The molecular formula is C29H39N3O7. The number of para-hydroxylation sites is 1. The number of alkyl carbamates (subject to hydrolysis) is 1. The molecule has 10 heteroatoms. The van der Waals surface area contributed by atoms with Crippen molar-refractivity contribution < 1.29 is 33.8 Å². The third-order valence-electron chi connectivity index (χ3n) is 5.62. The maximum absolute atomic E-state index is 14.0. The van der Waals surface area contributed by atoms with E-state index in [4.69, 9.17) is 9.47 Å². The average molecular weight is 542 g/mol. The minimum Gasteiger partial charge on any atom is -0.508 e. The van der Waals surface area contributed by atoms with Gasteiger partial charge in [0.05, 0.1) is 13.0 Å². The summed E-state index contributed by atoms with van der Waals surface area (Å²) in [6.45, 7) is 8.83. The number of likely N-dealkylation sites (N-methyl/N-ethyl adjacent to an activating group) is 1. The summed E-state index contributed by atoms with van der Waals surface area (Å²) in [6, 6.07) is 13.1. The number of nitrogens with one attached hydrogen (secondary N) is 2. The fourth-order valence-corrected chi connectivity index (χ4v) is 3.95. The van der Waals surface area contributed by atoms with Gasteiger partial charge >= 0.3 is 12.1 Å². The number of phenolic OH excluding ortho intramolecular Hbond substituents is 1. The molecule has 2 atom stereocenters. The van der Waals surface area contributed by atoms with Crippen molar-refractivity contribution in [2.75, 3.05) is 19.7 Å². The molecule has 0 saturated heterocycles. The number of hydrogen-bond donors (Lipinski definition) is 3. The van der Waals surface area contributed by atoms with Crippen LogP contribution in [0.5, 0.6) is 5.75 Å². The Morgan fingerprint density at radius 1 is 0.974 bits per heavy atom. The van der Waals surface area contributed by atoms with Gasteiger partial charge in [-0.15, -0.1) is 0 Å². The molecule has 3 N–H and O–H groups in total. The molecular weight excluding hydrogens is 502 g/mol. The topological polar surface area (TPSA) is 134 Å². The first-order valence-corrected chi connectivity index (χ1v) is 13.0. The number of ether oxygens (including phenoxy) is 2. The highest BCUT2D eigenvalue weighted by Gasteiger charge is 2.36. The Morgan fingerprint density at radius 2 is 1.62 bits per heavy atom. The number of esters is 1. The van der Waals surface area contributed by atoms with Crippen molar-refractivity contribution in [3.05, 3.63) is 65.7 Å². The molecule has 2 unspecified atom stereocenters. The summed E-state index contributed by atoms with van der Waals surface area (Å²) in [5.74, 6) is -1.77. The molecule has 10 nitrogen and oxygen atoms in total. The highest BCUT2D eigenvalue weighted by molar-refractivity contribution is 5.92. The van der Waals surface area contributed by atoms with Crippen molar-refractivity contribution in [2.45, 2.75) is 65.1 Å². The SMILES string of the molecule is CCOC(=O)CCNC(=O)C(c1ccccc1O)N(CC)C(=O)C(Cc1ccccc1)NC(=O)OC(C)(C)C. The van der Waals surface area contributed by atoms with E-state index in [-0.39, 0.29) is 43.9 Å². The number of hydrogen-bond acceptors (Lipinski definition) is 7. The summed E-state index contributed by atoms with van der Waals surface area (Å²) in [6.07, 6.45) is -0.678. The van der Waals surface area contributed by atoms with E-state index in [0.717, 1.165) is 5.56 Å². The lowest BCUT2D eigenvalue weighted by Gasteiger charge is -2.34. The summed E-state index contributed by atoms with van der Waals surface area (Å²) in [5.41, 5.74) is 0.212. The number of nitrogens with zero attached hydrogens (tertiary/aromatic N) is 1. The number of aromatic hydroxyl groups is 1. The van der Waals surface area contributed by atoms with Crippen molar-refractivity contribution in [1.29, 1.82) is 0 Å². The third-order valence-corrected chi connectivity index (χ3v) is 5.62. The third kappa shape index (κ3) is 9.96. The molecule has 0 saturated carbocycles. The molecule has 2 aromatic rings. The van der Waals surface area contributed by atoms with Crippen LogP contribution in [0.3, 0.4) is 0 Å². The minimum atomic E-state index is -1.23. The van der Waals surface area contributed by atoms with Gasteiger partial charge in [0.1, 0.15) is 23.4 Å². The summed E-state index contributed by atoms with van der Waals surface area (Å²) >= 11 is 0. The maximum atomic E-state index is 14.0. The van der Waals surface area contributed by atoms with Crippen LogP contribution in [0, 0.1) is 0 Å². The van der Waals surface area contributed by atoms with Gasteiger partial charge in [-0.3, -0.25) is 14.4 Å². The molecule has 0 aliphatic heterocycles. The van der Waals surface area contributed by atoms with Gasteiger partial charge in [-0.05, 0) is 46.2 Å². The van der Waals surface area contributed by atoms with E-state index in [1.165, 1.54) is 11.0 Å². The van der Waals surface area contributed by atoms with Crippen LogP contribution < -0.4 is 10.6 Å². The van der Waals surface area contributed by atoms with Gasteiger partial charge in [-0.1, -0.05) is 48.5 Å². The van der Waals surface area contributed by atoms with E-state index < -0.39 is 41.6 Å². The molecule has 0 aliphatic rings. The summed E-state index contributed by atoms with van der Waals surface area (Å²) < 4.78 is 10.3. The largest absolute Gasteiger partial charge is 0.508 e. The highest BCUT2D eigenvalue weighted by Crippen LogP contribution is 2.29. The van der Waals surface area contributed by atoms with Crippen LogP contribution in [0.4, 0.5) is 4.79 Å². The summed E-state index contributed by atoms with van der Waals surface area (Å²) in [4.78, 5) is 53.2. The van der Waals surface area contributed by atoms with Gasteiger partial charge in [0, 0.05) is 25.1 Å². The Hall–Kier alpha value is -4.08. The first-order valence-electron chi connectivity index (χ1n) is 13.0. The molecule has 0 radical (unpaired) electrons. The van der Waals surface area contributed by atoms with Gasteiger partial charge < -0.3 is 30.1 Å². The molecule has 0 fully saturated rings. The van der Waals surface area contributed by atoms with Crippen LogP contribution in [0.1, 0.15) is 58.2 Å². The molecule has 39 heavy (non-hydrogen) atoms. The van der Waals surface area contributed by atoms with Crippen molar-refractivity contribution in [3.8, 4) is 5.75 Å². The van der Waals surface area contributed by atoms with Crippen LogP contribution in [0.25, 0.3) is 0 Å². The van der Waals surface area contributed by atoms with Gasteiger partial charge in [-0.25, -0.2) is 4.79 Å². The van der Waals surface area contributed by atoms with Gasteiger partial charge in [0.2, 0.25) is 11.8 Å². The highest BCUT2D eigenvalue weighted by atomic mass is 16.6. The van der Waals surface area contributed by atoms with E-state index in [1.807, 2.05) is 30.3 Å². The average Bonchev–Trinajstić information content (AvgIpc) is 2.86. The Balaban J connectivity index is 2.41. The zero-order valence-electron chi connectivity index (χ0n) is 23.2. The molecule has 0 aromatic heterocycles. The van der Waals surface area contributed by atoms with E-state index in [2.05, 4.69) is 10.6 Å². The lowest BCUT2D eigenvalue weighted by molar-refractivity contribution is -0.144. The second kappa shape index (κ2) is 14.8. The van der Waals surface area contributed by atoms with Gasteiger partial charge in [0.15, 0.2) is 0 Å². The predicted molar refractivity (Wildman–Crippen MR) is 146 cm³/mol. The molecule has 212 valence electrons. The number of carbonyl (C=O) groups is 4. The lowest BCUT2D eigenvalue weighted by atomic mass is 9.99. The van der Waals surface area contributed by atoms with Gasteiger partial charge in [0.25, 0.3) is 0 Å². The van der Waals surface area contributed by atoms with Crippen molar-refractivity contribution >= 4 is 23.9 Å². The number of amides is 3. The van der Waals surface area contributed by atoms with Crippen LogP contribution in [-0.2, 0) is 30.3 Å². The maximum Gasteiger partial charge on any atom is 0.408 e. The minimum absolute atomic E-state index is 0.0168. The fourth-order valence-electron chi connectivity index (χ4n) is 3.95. The Kier molecular flexibility index (Phi) is 11.8. The fraction of sp³-hybridized carbons (Fsp3) is 0.448. The zero-order valence-corrected chi connectivity index (χ0v) is 23.2. The summed E-state index contributed by atoms with van der Waals surface area (Å²) in [7, 11) is 0. The first-order chi connectivity index (χ1) is 18.5. The zero-order chi connectivity index (χ0) is 29.0. The first kappa shape index (κ1) is 31.1. The smallest absolute Gasteiger partial charge is 0.408 e. The monoisotopic (exact) mass is 541 g/mol. The van der Waals surface area contributed by atoms with E-state index in [9.17, 15) is 24.3 Å². The predicted octanol–water partition coefficient (Wildman–Crippen LogP) is 3.49. The second-order valence-corrected chi connectivity index (χ2v) is 9.82.